The van der Waals surface area contributed by atoms with E-state index in [1.807, 2.05) is 0 Å². The van der Waals surface area contributed by atoms with E-state index in [4.69, 9.17) is 4.55 Å². The maximum absolute atomic E-state index is 11.0. The van der Waals surface area contributed by atoms with Crippen LogP contribution in [0.5, 0.6) is 0 Å². The fraction of sp³-hybridized carbons (Fsp3) is 0.250. The van der Waals surface area contributed by atoms with Crippen LogP contribution in [0, 0.1) is 0 Å². The van der Waals surface area contributed by atoms with Crippen LogP contribution in [0.4, 0.5) is 0 Å². The van der Waals surface area contributed by atoms with E-state index in [0.717, 1.165) is 7.11 Å². The van der Waals surface area contributed by atoms with Gasteiger partial charge in [-0.3, -0.25) is 8.74 Å². The Morgan fingerprint density at radius 3 is 2.20 bits per heavy atom. The van der Waals surface area contributed by atoms with Gasteiger partial charge in [-0.2, -0.15) is 21.8 Å². The number of nitrogens with zero attached hydrogens (tertiary/aromatic N) is 3. The van der Waals surface area contributed by atoms with Gasteiger partial charge in [-0.25, -0.2) is 9.97 Å². The summed E-state index contributed by atoms with van der Waals surface area (Å²) in [7, 11) is -8.04. The second-order valence-electron chi connectivity index (χ2n) is 2.15. The van der Waals surface area contributed by atoms with Crippen molar-refractivity contribution >= 4 is 20.2 Å². The lowest BCUT2D eigenvalue weighted by atomic mass is 11.1. The third-order valence-electron chi connectivity index (χ3n) is 1.20. The Balaban J connectivity index is 3.39. The fourth-order valence-electron chi connectivity index (χ4n) is 0.586. The molecule has 0 aliphatic heterocycles. The maximum Gasteiger partial charge on any atom is 0.332 e. The molecule has 0 spiro atoms. The first kappa shape index (κ1) is 11.9. The summed E-state index contributed by atoms with van der Waals surface area (Å²) in [6.07, 6.45) is 0.627. The molecule has 0 saturated heterocycles. The molecule has 0 amide bonds. The Morgan fingerprint density at radius 2 is 1.73 bits per heavy atom. The zero-order chi connectivity index (χ0) is 11.7. The van der Waals surface area contributed by atoms with E-state index in [0.29, 0.717) is 6.33 Å². The van der Waals surface area contributed by atoms with Gasteiger partial charge in [-0.05, 0) is 0 Å². The lowest BCUT2D eigenvalue weighted by molar-refractivity contribution is 0.389. The van der Waals surface area contributed by atoms with Crippen molar-refractivity contribution in [3.63, 3.8) is 0 Å². The van der Waals surface area contributed by atoms with Crippen LogP contribution in [0.2, 0.25) is 0 Å². The molecule has 0 fully saturated rings. The molecule has 0 atom stereocenters. The first-order valence-corrected chi connectivity index (χ1v) is 6.09. The standard InChI is InChI=1S/C4H5N3O6S2/c1-13-15(11,12)4-6-2-5-3(7-4)14(8,9)10/h2H,1H3,(H,8,9,10). The van der Waals surface area contributed by atoms with Crippen LogP contribution in [0.25, 0.3) is 0 Å². The van der Waals surface area contributed by atoms with Crippen molar-refractivity contribution in [2.45, 2.75) is 10.3 Å². The highest BCUT2D eigenvalue weighted by Gasteiger charge is 2.22. The van der Waals surface area contributed by atoms with E-state index in [9.17, 15) is 16.8 Å². The SMILES string of the molecule is COS(=O)(=O)c1ncnc(S(=O)(=O)O)n1. The van der Waals surface area contributed by atoms with Gasteiger partial charge >= 0.3 is 20.2 Å². The smallest absolute Gasteiger partial charge is 0.279 e. The normalized spacial score (nSPS) is 12.7. The Morgan fingerprint density at radius 1 is 1.20 bits per heavy atom. The third-order valence-corrected chi connectivity index (χ3v) is 2.94. The Bertz CT molecular complexity index is 564. The minimum atomic E-state index is -4.68. The summed E-state index contributed by atoms with van der Waals surface area (Å²) >= 11 is 0. The highest BCUT2D eigenvalue weighted by atomic mass is 32.2. The zero-order valence-corrected chi connectivity index (χ0v) is 8.86. The molecule has 0 bridgehead atoms. The summed E-state index contributed by atoms with van der Waals surface area (Å²) in [5.74, 6) is 0. The minimum Gasteiger partial charge on any atom is -0.279 e. The van der Waals surface area contributed by atoms with Crippen LogP contribution >= 0.6 is 0 Å². The van der Waals surface area contributed by atoms with Gasteiger partial charge < -0.3 is 0 Å². The average molecular weight is 255 g/mol. The van der Waals surface area contributed by atoms with Gasteiger partial charge in [-0.15, -0.1) is 0 Å². The fourth-order valence-corrected chi connectivity index (χ4v) is 1.55. The predicted molar refractivity (Wildman–Crippen MR) is 43.8 cm³/mol. The molecule has 1 aromatic rings. The van der Waals surface area contributed by atoms with E-state index < -0.39 is 30.5 Å². The van der Waals surface area contributed by atoms with Crippen LogP contribution in [-0.2, 0) is 24.4 Å². The first-order chi connectivity index (χ1) is 6.77. The molecule has 0 radical (unpaired) electrons. The number of aromatic nitrogens is 3. The van der Waals surface area contributed by atoms with E-state index >= 15 is 0 Å². The molecule has 11 heteroatoms. The van der Waals surface area contributed by atoms with Crippen LogP contribution in [0.15, 0.2) is 16.6 Å². The first-order valence-electron chi connectivity index (χ1n) is 3.24. The molecule has 0 aromatic carbocycles. The van der Waals surface area contributed by atoms with Gasteiger partial charge in [0.1, 0.15) is 6.33 Å². The molecule has 9 nitrogen and oxygen atoms in total. The second kappa shape index (κ2) is 3.77. The summed E-state index contributed by atoms with van der Waals surface area (Å²) in [6.45, 7) is 0. The molecule has 0 unspecified atom stereocenters. The quantitative estimate of drug-likeness (QED) is 0.502. The Kier molecular flexibility index (Phi) is 2.99. The summed E-state index contributed by atoms with van der Waals surface area (Å²) in [6, 6.07) is 0. The highest BCUT2D eigenvalue weighted by molar-refractivity contribution is 7.86. The average Bonchev–Trinajstić information content (AvgIpc) is 2.17. The molecule has 1 aromatic heterocycles. The molecule has 1 N–H and O–H groups in total. The summed E-state index contributed by atoms with van der Waals surface area (Å²) < 4.78 is 55.8. The molecule has 84 valence electrons. The van der Waals surface area contributed by atoms with Crippen molar-refractivity contribution in [2.24, 2.45) is 0 Å². The highest BCUT2D eigenvalue weighted by Crippen LogP contribution is 2.06. The van der Waals surface area contributed by atoms with E-state index in [1.54, 1.807) is 0 Å². The van der Waals surface area contributed by atoms with Gasteiger partial charge in [0.25, 0.3) is 10.3 Å². The lowest BCUT2D eigenvalue weighted by Crippen LogP contribution is -2.13. The van der Waals surface area contributed by atoms with Crippen LogP contribution in [0.3, 0.4) is 0 Å². The van der Waals surface area contributed by atoms with Crippen molar-refractivity contribution in [2.75, 3.05) is 7.11 Å². The van der Waals surface area contributed by atoms with Crippen LogP contribution in [0.1, 0.15) is 0 Å². The second-order valence-corrected chi connectivity index (χ2v) is 5.07. The van der Waals surface area contributed by atoms with Gasteiger partial charge in [0, 0.05) is 0 Å². The molecule has 15 heavy (non-hydrogen) atoms. The topological polar surface area (TPSA) is 136 Å². The van der Waals surface area contributed by atoms with Crippen molar-refractivity contribution in [1.29, 1.82) is 0 Å². The number of hydrogen-bond donors (Lipinski definition) is 1. The molecule has 0 saturated carbocycles. The zero-order valence-electron chi connectivity index (χ0n) is 7.22. The molecule has 0 aliphatic carbocycles. The number of rotatable bonds is 3. The summed E-state index contributed by atoms with van der Waals surface area (Å²) in [5, 5.41) is -1.96. The van der Waals surface area contributed by atoms with Gasteiger partial charge in [0.15, 0.2) is 0 Å². The molecule has 0 aliphatic rings. The lowest BCUT2D eigenvalue weighted by Gasteiger charge is -1.99. The summed E-state index contributed by atoms with van der Waals surface area (Å²) in [5.41, 5.74) is 0. The molecular formula is C4H5N3O6S2. The van der Waals surface area contributed by atoms with Gasteiger partial charge in [0.2, 0.25) is 0 Å². The summed E-state index contributed by atoms with van der Waals surface area (Å²) in [4.78, 5) is 9.28. The van der Waals surface area contributed by atoms with Gasteiger partial charge in [-0.1, -0.05) is 0 Å². The minimum absolute atomic E-state index is 0.627. The molecule has 1 heterocycles. The largest absolute Gasteiger partial charge is 0.332 e. The van der Waals surface area contributed by atoms with Crippen molar-refractivity contribution < 1.29 is 25.6 Å². The van der Waals surface area contributed by atoms with Crippen molar-refractivity contribution in [1.82, 2.24) is 15.0 Å². The Hall–Kier alpha value is -1.17. The third kappa shape index (κ3) is 2.65. The van der Waals surface area contributed by atoms with E-state index in [2.05, 4.69) is 19.1 Å². The van der Waals surface area contributed by atoms with E-state index in [1.165, 1.54) is 0 Å². The van der Waals surface area contributed by atoms with Gasteiger partial charge in [0.05, 0.1) is 7.11 Å². The van der Waals surface area contributed by atoms with Crippen LogP contribution in [-0.4, -0.2) is 43.5 Å². The predicted octanol–water partition coefficient (Wildman–Crippen LogP) is -1.55. The molecule has 1 rings (SSSR count). The van der Waals surface area contributed by atoms with Crippen LogP contribution < -0.4 is 0 Å². The maximum atomic E-state index is 11.0. The van der Waals surface area contributed by atoms with Crippen molar-refractivity contribution in [3.05, 3.63) is 6.33 Å². The number of hydrogen-bond acceptors (Lipinski definition) is 8. The Labute approximate surface area is 85.0 Å². The van der Waals surface area contributed by atoms with Crippen molar-refractivity contribution in [3.8, 4) is 0 Å². The molecular weight excluding hydrogens is 250 g/mol. The monoisotopic (exact) mass is 255 g/mol. The van der Waals surface area contributed by atoms with E-state index in [-0.39, 0.29) is 0 Å².